The maximum Gasteiger partial charge on any atom is 0.289 e. The Morgan fingerprint density at radius 1 is 1.26 bits per heavy atom. The number of furan rings is 1. The van der Waals surface area contributed by atoms with Crippen LogP contribution in [0.5, 0.6) is 0 Å². The Labute approximate surface area is 177 Å². The maximum absolute atomic E-state index is 12.3. The van der Waals surface area contributed by atoms with Crippen molar-refractivity contribution in [1.29, 1.82) is 0 Å². The molecule has 11 heteroatoms. The summed E-state index contributed by atoms with van der Waals surface area (Å²) in [4.78, 5) is 20.7. The van der Waals surface area contributed by atoms with E-state index in [1.807, 2.05) is 6.92 Å². The molecule has 1 aliphatic heterocycles. The minimum Gasteiger partial charge on any atom is -0.459 e. The van der Waals surface area contributed by atoms with Crippen LogP contribution < -0.4 is 10.0 Å². The second kappa shape index (κ2) is 11.5. The molecule has 2 rings (SSSR count). The molecule has 0 radical (unpaired) electrons. The molecule has 0 atom stereocenters. The van der Waals surface area contributed by atoms with Gasteiger partial charge in [-0.3, -0.25) is 9.79 Å². The summed E-state index contributed by atoms with van der Waals surface area (Å²) in [5.41, 5.74) is 0. The highest BCUT2D eigenvalue weighted by atomic mass is 127. The molecule has 1 amide bonds. The van der Waals surface area contributed by atoms with Gasteiger partial charge >= 0.3 is 0 Å². The summed E-state index contributed by atoms with van der Waals surface area (Å²) in [6.07, 6.45) is 3.26. The first-order valence-corrected chi connectivity index (χ1v) is 10.6. The molecule has 2 N–H and O–H groups in total. The molecule has 1 fully saturated rings. The maximum atomic E-state index is 12.3. The Balaban J connectivity index is 0.00000364. The molecule has 2 heterocycles. The Hall–Kier alpha value is -1.34. The lowest BCUT2D eigenvalue weighted by Crippen LogP contribution is -2.53. The fraction of sp³-hybridized carbons (Fsp3) is 0.625. The molecule has 0 spiro atoms. The third kappa shape index (κ3) is 8.05. The van der Waals surface area contributed by atoms with E-state index in [0.29, 0.717) is 51.4 Å². The number of halogens is 1. The number of carbonyl (C=O) groups excluding carboxylic acids is 1. The van der Waals surface area contributed by atoms with E-state index >= 15 is 0 Å². The van der Waals surface area contributed by atoms with Crippen LogP contribution in [0, 0.1) is 0 Å². The third-order valence-corrected chi connectivity index (χ3v) is 4.62. The average molecular weight is 513 g/mol. The molecule has 0 saturated carbocycles. The van der Waals surface area contributed by atoms with Crippen LogP contribution in [0.2, 0.25) is 0 Å². The Morgan fingerprint density at radius 3 is 2.48 bits per heavy atom. The van der Waals surface area contributed by atoms with Gasteiger partial charge in [-0.05, 0) is 25.5 Å². The van der Waals surface area contributed by atoms with Gasteiger partial charge in [-0.2, -0.15) is 0 Å². The van der Waals surface area contributed by atoms with Crippen LogP contribution in [0.1, 0.15) is 23.9 Å². The first-order valence-electron chi connectivity index (χ1n) is 8.71. The number of rotatable bonds is 7. The number of nitrogens with zero attached hydrogens (tertiary/aromatic N) is 3. The minimum atomic E-state index is -3.16. The highest BCUT2D eigenvalue weighted by molar-refractivity contribution is 14.0. The molecular weight excluding hydrogens is 485 g/mol. The van der Waals surface area contributed by atoms with Crippen molar-refractivity contribution < 1.29 is 17.6 Å². The van der Waals surface area contributed by atoms with Gasteiger partial charge in [0.2, 0.25) is 10.0 Å². The Kier molecular flexibility index (Phi) is 10.1. The Morgan fingerprint density at radius 2 is 1.93 bits per heavy atom. The van der Waals surface area contributed by atoms with E-state index in [2.05, 4.69) is 19.9 Å². The highest BCUT2D eigenvalue weighted by Crippen LogP contribution is 2.09. The number of nitrogens with one attached hydrogen (secondary N) is 2. The number of aliphatic imine (C=N–C) groups is 1. The van der Waals surface area contributed by atoms with E-state index in [1.165, 1.54) is 6.26 Å². The van der Waals surface area contributed by atoms with E-state index in [1.54, 1.807) is 17.0 Å². The van der Waals surface area contributed by atoms with Crippen molar-refractivity contribution in [3.8, 4) is 0 Å². The fourth-order valence-electron chi connectivity index (χ4n) is 2.62. The lowest BCUT2D eigenvalue weighted by molar-refractivity contribution is 0.0657. The van der Waals surface area contributed by atoms with Crippen molar-refractivity contribution >= 4 is 45.9 Å². The van der Waals surface area contributed by atoms with Crippen LogP contribution in [0.15, 0.2) is 27.8 Å². The van der Waals surface area contributed by atoms with Gasteiger partial charge < -0.3 is 19.5 Å². The fourth-order valence-corrected chi connectivity index (χ4v) is 3.14. The normalized spacial score (nSPS) is 15.4. The second-order valence-electron chi connectivity index (χ2n) is 6.01. The molecule has 9 nitrogen and oxygen atoms in total. The summed E-state index contributed by atoms with van der Waals surface area (Å²) < 4.78 is 29.7. The van der Waals surface area contributed by atoms with E-state index in [0.717, 1.165) is 18.8 Å². The molecule has 154 valence electrons. The van der Waals surface area contributed by atoms with Gasteiger partial charge in [0.05, 0.1) is 12.5 Å². The van der Waals surface area contributed by atoms with Gasteiger partial charge in [-0.1, -0.05) is 0 Å². The van der Waals surface area contributed by atoms with E-state index in [9.17, 15) is 13.2 Å². The van der Waals surface area contributed by atoms with Gasteiger partial charge in [-0.25, -0.2) is 13.1 Å². The topological polar surface area (TPSA) is 107 Å². The quantitative estimate of drug-likeness (QED) is 0.239. The largest absolute Gasteiger partial charge is 0.459 e. The van der Waals surface area contributed by atoms with Gasteiger partial charge in [0.1, 0.15) is 0 Å². The molecule has 0 aromatic carbocycles. The number of hydrogen-bond acceptors (Lipinski definition) is 5. The number of amides is 1. The van der Waals surface area contributed by atoms with Crippen LogP contribution in [-0.2, 0) is 10.0 Å². The molecule has 27 heavy (non-hydrogen) atoms. The summed E-state index contributed by atoms with van der Waals surface area (Å²) in [5.74, 6) is 1.05. The average Bonchev–Trinajstić information content (AvgIpc) is 3.14. The molecular formula is C16H28IN5O4S. The predicted molar refractivity (Wildman–Crippen MR) is 115 cm³/mol. The zero-order valence-electron chi connectivity index (χ0n) is 15.7. The summed E-state index contributed by atoms with van der Waals surface area (Å²) >= 11 is 0. The molecule has 0 unspecified atom stereocenters. The number of hydrogen-bond donors (Lipinski definition) is 2. The van der Waals surface area contributed by atoms with Gasteiger partial charge in [0.25, 0.3) is 5.91 Å². The van der Waals surface area contributed by atoms with Crippen molar-refractivity contribution in [2.45, 2.75) is 13.3 Å². The summed E-state index contributed by atoms with van der Waals surface area (Å²) in [7, 11) is -3.16. The number of carbonyl (C=O) groups is 1. The lowest BCUT2D eigenvalue weighted by atomic mass is 10.3. The minimum absolute atomic E-state index is 0. The van der Waals surface area contributed by atoms with Crippen molar-refractivity contribution in [3.63, 3.8) is 0 Å². The van der Waals surface area contributed by atoms with Crippen LogP contribution in [0.3, 0.4) is 0 Å². The number of piperazine rings is 1. The van der Waals surface area contributed by atoms with Crippen molar-refractivity contribution in [2.24, 2.45) is 4.99 Å². The van der Waals surface area contributed by atoms with Crippen LogP contribution in [-0.4, -0.2) is 82.2 Å². The van der Waals surface area contributed by atoms with Crippen molar-refractivity contribution in [1.82, 2.24) is 19.8 Å². The first kappa shape index (κ1) is 23.7. The zero-order valence-corrected chi connectivity index (χ0v) is 18.8. The predicted octanol–water partition coefficient (Wildman–Crippen LogP) is 0.560. The summed E-state index contributed by atoms with van der Waals surface area (Å²) in [6, 6.07) is 3.38. The van der Waals surface area contributed by atoms with E-state index < -0.39 is 10.0 Å². The van der Waals surface area contributed by atoms with Crippen LogP contribution in [0.25, 0.3) is 0 Å². The SMILES string of the molecule is CCNC(=NCCCNS(C)(=O)=O)N1CCN(C(=O)c2ccco2)CC1.I. The second-order valence-corrected chi connectivity index (χ2v) is 7.85. The number of sulfonamides is 1. The van der Waals surface area contributed by atoms with Crippen LogP contribution in [0.4, 0.5) is 0 Å². The smallest absolute Gasteiger partial charge is 0.289 e. The van der Waals surface area contributed by atoms with Gasteiger partial charge in [-0.15, -0.1) is 24.0 Å². The third-order valence-electron chi connectivity index (χ3n) is 3.89. The van der Waals surface area contributed by atoms with Crippen molar-refractivity contribution in [3.05, 3.63) is 24.2 Å². The molecule has 1 saturated heterocycles. The van der Waals surface area contributed by atoms with Gasteiger partial charge in [0, 0.05) is 45.8 Å². The molecule has 1 aromatic heterocycles. The highest BCUT2D eigenvalue weighted by Gasteiger charge is 2.25. The van der Waals surface area contributed by atoms with Crippen molar-refractivity contribution in [2.75, 3.05) is 52.1 Å². The van der Waals surface area contributed by atoms with E-state index in [-0.39, 0.29) is 29.9 Å². The lowest BCUT2D eigenvalue weighted by Gasteiger charge is -2.36. The number of guanidine groups is 1. The first-order chi connectivity index (χ1) is 12.4. The molecule has 0 bridgehead atoms. The molecule has 1 aliphatic rings. The zero-order chi connectivity index (χ0) is 19.0. The Bertz CT molecular complexity index is 700. The summed E-state index contributed by atoms with van der Waals surface area (Å²) in [6.45, 7) is 6.19. The monoisotopic (exact) mass is 513 g/mol. The van der Waals surface area contributed by atoms with E-state index in [4.69, 9.17) is 4.42 Å². The molecule has 1 aromatic rings. The standard InChI is InChI=1S/C16H27N5O4S.HI/c1-3-17-16(18-7-5-8-19-26(2,23)24)21-11-9-20(10-12-21)15(22)14-6-4-13-25-14;/h4,6,13,19H,3,5,7-12H2,1-2H3,(H,17,18);1H. The molecule has 0 aliphatic carbocycles. The van der Waals surface area contributed by atoms with Crippen LogP contribution >= 0.6 is 24.0 Å². The van der Waals surface area contributed by atoms with Gasteiger partial charge in [0.15, 0.2) is 11.7 Å². The summed E-state index contributed by atoms with van der Waals surface area (Å²) in [5, 5.41) is 3.25.